The Morgan fingerprint density at radius 1 is 1.29 bits per heavy atom. The molecule has 1 fully saturated rings. The van der Waals surface area contributed by atoms with Gasteiger partial charge in [-0.1, -0.05) is 12.8 Å². The molecule has 2 aromatic rings. The second kappa shape index (κ2) is 5.89. The van der Waals surface area contributed by atoms with Crippen molar-refractivity contribution in [2.45, 2.75) is 51.5 Å². The van der Waals surface area contributed by atoms with E-state index in [2.05, 4.69) is 23.7 Å². The van der Waals surface area contributed by atoms with E-state index in [-0.39, 0.29) is 11.3 Å². The van der Waals surface area contributed by atoms with Crippen LogP contribution in [0.2, 0.25) is 0 Å². The van der Waals surface area contributed by atoms with Gasteiger partial charge < -0.3 is 0 Å². The molecule has 114 valence electrons. The van der Waals surface area contributed by atoms with Crippen LogP contribution in [0.15, 0.2) is 17.8 Å². The third-order valence-corrected chi connectivity index (χ3v) is 5.33. The van der Waals surface area contributed by atoms with Crippen molar-refractivity contribution in [1.29, 1.82) is 0 Å². The van der Waals surface area contributed by atoms with Crippen LogP contribution in [-0.2, 0) is 11.2 Å². The van der Waals surface area contributed by atoms with Crippen LogP contribution in [-0.4, -0.2) is 38.7 Å². The van der Waals surface area contributed by atoms with Gasteiger partial charge in [-0.25, -0.2) is 4.98 Å². The summed E-state index contributed by atoms with van der Waals surface area (Å²) in [6.45, 7) is 6.21. The number of hydrogen-bond acceptors (Lipinski definition) is 4. The summed E-state index contributed by atoms with van der Waals surface area (Å²) >= 11 is 1.60. The standard InChI is InChI=1S/C16H23N3OS/c1-16(2,19-7-5-3-4-6-8-19)14(20)11-13-12-18-9-10-21-15(18)17-13/h9-10,12H,3-8,11H2,1-2H3. The lowest BCUT2D eigenvalue weighted by molar-refractivity contribution is -0.128. The summed E-state index contributed by atoms with van der Waals surface area (Å²) in [6.07, 6.45) is 9.38. The fourth-order valence-electron chi connectivity index (χ4n) is 3.05. The molecule has 1 saturated heterocycles. The lowest BCUT2D eigenvalue weighted by atomic mass is 9.93. The highest BCUT2D eigenvalue weighted by atomic mass is 32.1. The Balaban J connectivity index is 1.71. The van der Waals surface area contributed by atoms with Crippen molar-refractivity contribution in [3.05, 3.63) is 23.5 Å². The Labute approximate surface area is 129 Å². The molecular weight excluding hydrogens is 282 g/mol. The molecule has 0 bridgehead atoms. The summed E-state index contributed by atoms with van der Waals surface area (Å²) in [4.78, 5) is 20.6. The molecule has 21 heavy (non-hydrogen) atoms. The summed E-state index contributed by atoms with van der Waals surface area (Å²) in [5, 5.41) is 2.01. The van der Waals surface area contributed by atoms with Crippen molar-refractivity contribution in [3.63, 3.8) is 0 Å². The molecule has 0 unspecified atom stereocenters. The number of imidazole rings is 1. The van der Waals surface area contributed by atoms with Crippen molar-refractivity contribution in [2.75, 3.05) is 13.1 Å². The van der Waals surface area contributed by atoms with Crippen LogP contribution in [0.5, 0.6) is 0 Å². The van der Waals surface area contributed by atoms with E-state index >= 15 is 0 Å². The van der Waals surface area contributed by atoms with E-state index < -0.39 is 0 Å². The summed E-state index contributed by atoms with van der Waals surface area (Å²) in [6, 6.07) is 0. The average Bonchev–Trinajstić information content (AvgIpc) is 2.89. The van der Waals surface area contributed by atoms with Gasteiger partial charge in [0.25, 0.3) is 0 Å². The number of thiazole rings is 1. The van der Waals surface area contributed by atoms with Crippen molar-refractivity contribution in [2.24, 2.45) is 0 Å². The number of carbonyl (C=O) groups is 1. The van der Waals surface area contributed by atoms with Crippen molar-refractivity contribution < 1.29 is 4.79 Å². The van der Waals surface area contributed by atoms with Gasteiger partial charge >= 0.3 is 0 Å². The van der Waals surface area contributed by atoms with Crippen LogP contribution in [0.4, 0.5) is 0 Å². The second-order valence-electron chi connectivity index (χ2n) is 6.39. The molecule has 0 aliphatic carbocycles. The number of carbonyl (C=O) groups excluding carboxylic acids is 1. The van der Waals surface area contributed by atoms with Gasteiger partial charge in [0.05, 0.1) is 17.7 Å². The molecule has 0 amide bonds. The molecule has 0 saturated carbocycles. The van der Waals surface area contributed by atoms with Gasteiger partial charge in [0.1, 0.15) is 0 Å². The Bertz CT molecular complexity index is 592. The van der Waals surface area contributed by atoms with E-state index in [9.17, 15) is 4.79 Å². The molecular formula is C16H23N3OS. The normalized spacial score (nSPS) is 18.0. The predicted octanol–water partition coefficient (Wildman–Crippen LogP) is 3.16. The molecule has 5 heteroatoms. The first-order valence-corrected chi connectivity index (χ1v) is 8.65. The molecule has 0 N–H and O–H groups in total. The average molecular weight is 305 g/mol. The maximum atomic E-state index is 12.8. The number of hydrogen-bond donors (Lipinski definition) is 0. The van der Waals surface area contributed by atoms with E-state index in [4.69, 9.17) is 0 Å². The first-order valence-electron chi connectivity index (χ1n) is 7.77. The fraction of sp³-hybridized carbons (Fsp3) is 0.625. The molecule has 0 atom stereocenters. The van der Waals surface area contributed by atoms with Gasteiger partial charge in [-0.05, 0) is 39.8 Å². The largest absolute Gasteiger partial charge is 0.297 e. The zero-order chi connectivity index (χ0) is 14.9. The number of fused-ring (bicyclic) bond motifs is 1. The van der Waals surface area contributed by atoms with E-state index in [1.165, 1.54) is 25.7 Å². The van der Waals surface area contributed by atoms with Crippen LogP contribution in [0.3, 0.4) is 0 Å². The van der Waals surface area contributed by atoms with Crippen molar-refractivity contribution in [3.8, 4) is 0 Å². The van der Waals surface area contributed by atoms with E-state index in [1.807, 2.05) is 22.2 Å². The molecule has 3 heterocycles. The summed E-state index contributed by atoms with van der Waals surface area (Å²) in [5.74, 6) is 0.273. The molecule has 1 aliphatic rings. The smallest absolute Gasteiger partial charge is 0.193 e. The Morgan fingerprint density at radius 2 is 2.00 bits per heavy atom. The van der Waals surface area contributed by atoms with Gasteiger partial charge in [0.2, 0.25) is 0 Å². The molecule has 3 rings (SSSR count). The Hall–Kier alpha value is -1.20. The third kappa shape index (κ3) is 3.04. The zero-order valence-corrected chi connectivity index (χ0v) is 13.7. The number of ketones is 1. The first-order chi connectivity index (χ1) is 10.1. The van der Waals surface area contributed by atoms with Gasteiger partial charge in [-0.15, -0.1) is 11.3 Å². The second-order valence-corrected chi connectivity index (χ2v) is 7.26. The minimum Gasteiger partial charge on any atom is -0.297 e. The van der Waals surface area contributed by atoms with Crippen LogP contribution >= 0.6 is 11.3 Å². The first kappa shape index (κ1) is 14.7. The third-order valence-electron chi connectivity index (χ3n) is 4.56. The zero-order valence-electron chi connectivity index (χ0n) is 12.8. The number of nitrogens with zero attached hydrogens (tertiary/aromatic N) is 3. The monoisotopic (exact) mass is 305 g/mol. The van der Waals surface area contributed by atoms with Crippen molar-refractivity contribution in [1.82, 2.24) is 14.3 Å². The van der Waals surface area contributed by atoms with Crippen LogP contribution < -0.4 is 0 Å². The summed E-state index contributed by atoms with van der Waals surface area (Å²) in [7, 11) is 0. The van der Waals surface area contributed by atoms with Crippen LogP contribution in [0.1, 0.15) is 45.2 Å². The highest BCUT2D eigenvalue weighted by molar-refractivity contribution is 7.15. The Kier molecular flexibility index (Phi) is 4.13. The minimum atomic E-state index is -0.388. The van der Waals surface area contributed by atoms with E-state index in [1.54, 1.807) is 11.3 Å². The van der Waals surface area contributed by atoms with Gasteiger partial charge in [0, 0.05) is 17.8 Å². The maximum absolute atomic E-state index is 12.8. The van der Waals surface area contributed by atoms with Crippen LogP contribution in [0.25, 0.3) is 4.96 Å². The van der Waals surface area contributed by atoms with Gasteiger partial charge in [0.15, 0.2) is 10.7 Å². The lowest BCUT2D eigenvalue weighted by Crippen LogP contribution is -2.51. The summed E-state index contributed by atoms with van der Waals surface area (Å²) < 4.78 is 1.99. The molecule has 1 aliphatic heterocycles. The predicted molar refractivity (Wildman–Crippen MR) is 85.9 cm³/mol. The molecule has 0 spiro atoms. The molecule has 2 aromatic heterocycles. The van der Waals surface area contributed by atoms with E-state index in [0.29, 0.717) is 6.42 Å². The molecule has 0 radical (unpaired) electrons. The van der Waals surface area contributed by atoms with Gasteiger partial charge in [-0.3, -0.25) is 14.1 Å². The number of rotatable bonds is 4. The Morgan fingerprint density at radius 3 is 2.67 bits per heavy atom. The van der Waals surface area contributed by atoms with Crippen molar-refractivity contribution >= 4 is 22.1 Å². The number of likely N-dealkylation sites (tertiary alicyclic amines) is 1. The SMILES string of the molecule is CC(C)(C(=O)Cc1cn2ccsc2n1)N1CCCCCC1. The van der Waals surface area contributed by atoms with Crippen LogP contribution in [0, 0.1) is 0 Å². The number of Topliss-reactive ketones (excluding diaryl/α,β-unsaturated/α-hetero) is 1. The number of aromatic nitrogens is 2. The highest BCUT2D eigenvalue weighted by Crippen LogP contribution is 2.23. The maximum Gasteiger partial charge on any atom is 0.193 e. The molecule has 0 aromatic carbocycles. The quantitative estimate of drug-likeness (QED) is 0.871. The summed E-state index contributed by atoms with van der Waals surface area (Å²) in [5.41, 5.74) is 0.497. The highest BCUT2D eigenvalue weighted by Gasteiger charge is 2.34. The van der Waals surface area contributed by atoms with E-state index in [0.717, 1.165) is 23.7 Å². The lowest BCUT2D eigenvalue weighted by Gasteiger charge is -2.36. The topological polar surface area (TPSA) is 37.6 Å². The fourth-order valence-corrected chi connectivity index (χ4v) is 3.77. The van der Waals surface area contributed by atoms with Gasteiger partial charge in [-0.2, -0.15) is 0 Å². The minimum absolute atomic E-state index is 0.273. The molecule has 4 nitrogen and oxygen atoms in total.